The molecule has 57 heavy (non-hydrogen) atoms. The van der Waals surface area contributed by atoms with Crippen LogP contribution in [0.5, 0.6) is 0 Å². The highest BCUT2D eigenvalue weighted by molar-refractivity contribution is 6.38. The first-order chi connectivity index (χ1) is 26.9. The number of nitrogens with zero attached hydrogens (tertiary/aromatic N) is 2. The van der Waals surface area contributed by atoms with Crippen LogP contribution in [0, 0.1) is 33.5 Å². The SMILES string of the molecule is CCC[C@H](NC(=O)[C@@H]1C[C@@]2(CN1C(=O)[C@@H](NC(=O)[C@@H](NC(=O)[C@H]1CCCCN1CC(C)C)C1CCCCC1)C(C)(C)C)C(C)(C)C21CCC1)C(=O)C(=O)NC1CC1. The standard InChI is InChI=1S/C45H74N6O6/c1-9-16-31(35(52)40(56)46-30-20-21-30)47-38(54)33-25-45(43(7,8)44(45)22-15-23-44)27-51(33)41(57)36(42(4,5)6)49-39(55)34(29-17-11-10-12-18-29)48-37(53)32-19-13-14-24-50(32)26-28(2)3/h28-34,36H,9-27H2,1-8H3,(H,46,56)(H,47,54)(H,48,53)(H,49,55)/t31-,32+,33-,34-,36+,45+/m0/s1. The van der Waals surface area contributed by atoms with E-state index in [2.05, 4.69) is 53.9 Å². The highest BCUT2D eigenvalue weighted by Crippen LogP contribution is 2.88. The first kappa shape index (κ1) is 43.6. The molecule has 2 aliphatic heterocycles. The second kappa shape index (κ2) is 16.9. The summed E-state index contributed by atoms with van der Waals surface area (Å²) in [6.45, 7) is 18.6. The number of nitrogens with one attached hydrogen (secondary N) is 4. The zero-order valence-corrected chi connectivity index (χ0v) is 36.4. The third kappa shape index (κ3) is 8.54. The Morgan fingerprint density at radius 2 is 1.42 bits per heavy atom. The molecule has 0 aromatic heterocycles. The van der Waals surface area contributed by atoms with E-state index in [1.165, 1.54) is 0 Å². The monoisotopic (exact) mass is 795 g/mol. The minimum absolute atomic E-state index is 0.0143. The molecular formula is C45H74N6O6. The van der Waals surface area contributed by atoms with Crippen LogP contribution in [-0.2, 0) is 28.8 Å². The van der Waals surface area contributed by atoms with Crippen molar-refractivity contribution in [2.24, 2.45) is 33.5 Å². The number of carbonyl (C=O) groups is 6. The topological polar surface area (TPSA) is 157 Å². The van der Waals surface area contributed by atoms with Gasteiger partial charge in [-0.1, -0.05) is 93.9 Å². The lowest BCUT2D eigenvalue weighted by atomic mass is 9.73. The summed E-state index contributed by atoms with van der Waals surface area (Å²) in [5.74, 6) is -2.15. The van der Waals surface area contributed by atoms with Gasteiger partial charge in [0, 0.05) is 24.5 Å². The second-order valence-corrected chi connectivity index (χ2v) is 20.9. The number of likely N-dealkylation sites (tertiary alicyclic amines) is 2. The molecular weight excluding hydrogens is 721 g/mol. The van der Waals surface area contributed by atoms with Crippen molar-refractivity contribution >= 4 is 35.3 Å². The summed E-state index contributed by atoms with van der Waals surface area (Å²) >= 11 is 0. The second-order valence-electron chi connectivity index (χ2n) is 20.9. The Labute approximate surface area is 341 Å². The quantitative estimate of drug-likeness (QED) is 0.170. The van der Waals surface area contributed by atoms with Crippen molar-refractivity contribution in [3.8, 4) is 0 Å². The third-order valence-electron chi connectivity index (χ3n) is 15.4. The molecule has 4 aliphatic carbocycles. The van der Waals surface area contributed by atoms with Crippen LogP contribution in [0.3, 0.4) is 0 Å². The van der Waals surface area contributed by atoms with E-state index in [0.29, 0.717) is 31.7 Å². The van der Waals surface area contributed by atoms with Crippen LogP contribution in [-0.4, -0.2) is 101 Å². The van der Waals surface area contributed by atoms with Crippen molar-refractivity contribution in [1.82, 2.24) is 31.1 Å². The minimum Gasteiger partial charge on any atom is -0.347 e. The van der Waals surface area contributed by atoms with Crippen LogP contribution in [0.25, 0.3) is 0 Å². The summed E-state index contributed by atoms with van der Waals surface area (Å²) in [6, 6.07) is -3.86. The smallest absolute Gasteiger partial charge is 0.289 e. The summed E-state index contributed by atoms with van der Waals surface area (Å²) in [7, 11) is 0. The van der Waals surface area contributed by atoms with E-state index in [-0.39, 0.29) is 52.0 Å². The average molecular weight is 795 g/mol. The summed E-state index contributed by atoms with van der Waals surface area (Å²) < 4.78 is 0. The Morgan fingerprint density at radius 3 is 1.98 bits per heavy atom. The van der Waals surface area contributed by atoms with Gasteiger partial charge in [-0.25, -0.2) is 0 Å². The first-order valence-corrected chi connectivity index (χ1v) is 22.7. The fourth-order valence-corrected chi connectivity index (χ4v) is 11.7. The van der Waals surface area contributed by atoms with Crippen LogP contribution >= 0.6 is 0 Å². The van der Waals surface area contributed by atoms with E-state index in [0.717, 1.165) is 96.6 Å². The maximum absolute atomic E-state index is 15.2. The normalized spacial score (nSPS) is 28.6. The van der Waals surface area contributed by atoms with Crippen LogP contribution < -0.4 is 21.3 Å². The summed E-state index contributed by atoms with van der Waals surface area (Å²) in [5, 5.41) is 12.1. The number of piperidine rings is 1. The van der Waals surface area contributed by atoms with Crippen molar-refractivity contribution < 1.29 is 28.8 Å². The molecule has 2 heterocycles. The molecule has 2 saturated heterocycles. The Kier molecular flexibility index (Phi) is 12.9. The van der Waals surface area contributed by atoms with Gasteiger partial charge < -0.3 is 26.2 Å². The fourth-order valence-electron chi connectivity index (χ4n) is 11.7. The lowest BCUT2D eigenvalue weighted by Crippen LogP contribution is -2.63. The predicted molar refractivity (Wildman–Crippen MR) is 220 cm³/mol. The van der Waals surface area contributed by atoms with Gasteiger partial charge in [0.05, 0.1) is 12.1 Å². The lowest BCUT2D eigenvalue weighted by molar-refractivity contribution is -0.146. The number of ketones is 1. The van der Waals surface area contributed by atoms with E-state index < -0.39 is 47.2 Å². The molecule has 2 spiro atoms. The molecule has 12 heteroatoms. The number of rotatable bonds is 15. The van der Waals surface area contributed by atoms with E-state index >= 15 is 4.79 Å². The number of amides is 5. The van der Waals surface area contributed by atoms with Crippen molar-refractivity contribution in [3.63, 3.8) is 0 Å². The molecule has 6 fully saturated rings. The lowest BCUT2D eigenvalue weighted by Gasteiger charge is -2.39. The van der Waals surface area contributed by atoms with E-state index in [9.17, 15) is 24.0 Å². The van der Waals surface area contributed by atoms with Crippen molar-refractivity contribution in [2.45, 2.75) is 194 Å². The Balaban J connectivity index is 1.25. The van der Waals surface area contributed by atoms with Gasteiger partial charge in [0.2, 0.25) is 29.4 Å². The first-order valence-electron chi connectivity index (χ1n) is 22.7. The van der Waals surface area contributed by atoms with Crippen LogP contribution in [0.1, 0.15) is 158 Å². The molecule has 12 nitrogen and oxygen atoms in total. The highest BCUT2D eigenvalue weighted by Gasteiger charge is 2.85. The molecule has 4 saturated carbocycles. The number of Topliss-reactive ketones (excluding diaryl/α,β-unsaturated/α-hetero) is 1. The van der Waals surface area contributed by atoms with Gasteiger partial charge >= 0.3 is 0 Å². The van der Waals surface area contributed by atoms with Gasteiger partial charge in [0.1, 0.15) is 18.1 Å². The van der Waals surface area contributed by atoms with Crippen LogP contribution in [0.4, 0.5) is 0 Å². The maximum atomic E-state index is 15.2. The van der Waals surface area contributed by atoms with Gasteiger partial charge in [-0.05, 0) is 98.8 Å². The Hall–Kier alpha value is -3.02. The van der Waals surface area contributed by atoms with Crippen LogP contribution in [0.15, 0.2) is 0 Å². The van der Waals surface area contributed by atoms with Gasteiger partial charge in [-0.3, -0.25) is 33.7 Å². The molecule has 0 radical (unpaired) electrons. The van der Waals surface area contributed by atoms with Crippen molar-refractivity contribution in [2.75, 3.05) is 19.6 Å². The molecule has 0 aromatic carbocycles. The van der Waals surface area contributed by atoms with E-state index in [1.54, 1.807) is 4.90 Å². The number of hydrogen-bond acceptors (Lipinski definition) is 7. The number of hydrogen-bond donors (Lipinski definition) is 4. The van der Waals surface area contributed by atoms with E-state index in [4.69, 9.17) is 0 Å². The largest absolute Gasteiger partial charge is 0.347 e. The van der Waals surface area contributed by atoms with Gasteiger partial charge in [-0.15, -0.1) is 0 Å². The molecule has 6 aliphatic rings. The summed E-state index contributed by atoms with van der Waals surface area (Å²) in [6.07, 6.45) is 13.8. The molecule has 6 atom stereocenters. The van der Waals surface area contributed by atoms with Crippen LogP contribution in [0.2, 0.25) is 0 Å². The summed E-state index contributed by atoms with van der Waals surface area (Å²) in [4.78, 5) is 88.7. The zero-order valence-electron chi connectivity index (χ0n) is 36.4. The number of fused-ring (bicyclic) bond motifs is 1. The molecule has 0 unspecified atom stereocenters. The van der Waals surface area contributed by atoms with Gasteiger partial charge in [0.15, 0.2) is 0 Å². The zero-order chi connectivity index (χ0) is 41.5. The molecule has 0 bridgehead atoms. The predicted octanol–water partition coefficient (Wildman–Crippen LogP) is 5.02. The molecule has 0 aromatic rings. The Morgan fingerprint density at radius 1 is 0.772 bits per heavy atom. The Bertz CT molecular complexity index is 1540. The fraction of sp³-hybridized carbons (Fsp3) is 0.867. The highest BCUT2D eigenvalue weighted by atomic mass is 16.2. The number of carbonyl (C=O) groups excluding carboxylic acids is 6. The van der Waals surface area contributed by atoms with Crippen molar-refractivity contribution in [1.29, 1.82) is 0 Å². The molecule has 5 amide bonds. The van der Waals surface area contributed by atoms with Gasteiger partial charge in [0.25, 0.3) is 5.91 Å². The molecule has 320 valence electrons. The van der Waals surface area contributed by atoms with Gasteiger partial charge in [-0.2, -0.15) is 0 Å². The van der Waals surface area contributed by atoms with Crippen molar-refractivity contribution in [3.05, 3.63) is 0 Å². The minimum atomic E-state index is -0.988. The average Bonchev–Trinajstić information content (AvgIpc) is 3.96. The molecule has 6 rings (SSSR count). The molecule has 4 N–H and O–H groups in total. The maximum Gasteiger partial charge on any atom is 0.289 e. The van der Waals surface area contributed by atoms with E-state index in [1.807, 2.05) is 27.7 Å². The third-order valence-corrected chi connectivity index (χ3v) is 15.4. The summed E-state index contributed by atoms with van der Waals surface area (Å²) in [5.41, 5.74) is -1.04.